The minimum Gasteiger partial charge on any atom is -0.623 e. The molecule has 13 heavy (non-hydrogen) atoms. The number of ether oxygens (including phenoxy) is 1. The second-order valence-corrected chi connectivity index (χ2v) is 2.74. The Morgan fingerprint density at radius 3 is 3.00 bits per heavy atom. The van der Waals surface area contributed by atoms with Crippen molar-refractivity contribution in [2.45, 2.75) is 0 Å². The Bertz CT molecular complexity index is 376. The maximum atomic E-state index is 11.3. The summed E-state index contributed by atoms with van der Waals surface area (Å²) in [5.74, 6) is 0.484. The molecule has 5 nitrogen and oxygen atoms in total. The van der Waals surface area contributed by atoms with Gasteiger partial charge in [0.05, 0.1) is 7.11 Å². The normalized spacial score (nSPS) is 18.8. The van der Waals surface area contributed by atoms with Crippen LogP contribution in [0.15, 0.2) is 17.1 Å². The number of nitrogen functional groups attached to an aromatic ring is 1. The summed E-state index contributed by atoms with van der Waals surface area (Å²) in [5, 5.41) is 11.2. The van der Waals surface area contributed by atoms with E-state index in [2.05, 4.69) is 4.99 Å². The summed E-state index contributed by atoms with van der Waals surface area (Å²) < 4.78 is 5.03. The zero-order valence-corrected chi connectivity index (χ0v) is 7.07. The average molecular weight is 179 g/mol. The van der Waals surface area contributed by atoms with Crippen LogP contribution in [0.5, 0.6) is 5.75 Å². The third-order valence-electron chi connectivity index (χ3n) is 1.89. The molecule has 0 bridgehead atoms. The molecule has 2 rings (SSSR count). The van der Waals surface area contributed by atoms with Crippen LogP contribution in [0.25, 0.3) is 0 Å². The Labute approximate surface area is 75.0 Å². The van der Waals surface area contributed by atoms with Crippen LogP contribution in [0.2, 0.25) is 0 Å². The Morgan fingerprint density at radius 1 is 1.54 bits per heavy atom. The zero-order chi connectivity index (χ0) is 9.42. The van der Waals surface area contributed by atoms with Crippen molar-refractivity contribution in [3.8, 4) is 5.75 Å². The molecule has 1 unspecified atom stereocenters. The molecular weight excluding hydrogens is 170 g/mol. The highest BCUT2D eigenvalue weighted by molar-refractivity contribution is 5.79. The number of hydroxylamine groups is 1. The van der Waals surface area contributed by atoms with Crippen molar-refractivity contribution in [2.24, 2.45) is 4.99 Å². The predicted octanol–water partition coefficient (Wildman–Crippen LogP) is -0.0350. The molecule has 0 fully saturated rings. The summed E-state index contributed by atoms with van der Waals surface area (Å²) in [5.41, 5.74) is 7.21. The van der Waals surface area contributed by atoms with E-state index in [9.17, 15) is 5.21 Å². The average Bonchev–Trinajstić information content (AvgIpc) is 2.46. The van der Waals surface area contributed by atoms with Crippen LogP contribution >= 0.6 is 0 Å². The van der Waals surface area contributed by atoms with Gasteiger partial charge >= 0.3 is 0 Å². The Balaban J connectivity index is 2.62. The first kappa shape index (κ1) is 8.03. The zero-order valence-electron chi connectivity index (χ0n) is 7.07. The third-order valence-corrected chi connectivity index (χ3v) is 1.89. The molecule has 1 aromatic rings. The maximum Gasteiger partial charge on any atom is 0.205 e. The SMILES string of the molecule is COc1cc(N)cc2c1[NH+]([O-])C=N2. The van der Waals surface area contributed by atoms with E-state index in [4.69, 9.17) is 10.5 Å². The lowest BCUT2D eigenvalue weighted by Crippen LogP contribution is -2.99. The Kier molecular flexibility index (Phi) is 1.68. The van der Waals surface area contributed by atoms with Crippen molar-refractivity contribution >= 4 is 23.4 Å². The van der Waals surface area contributed by atoms with Crippen LogP contribution in [-0.2, 0) is 0 Å². The fraction of sp³-hybridized carbons (Fsp3) is 0.125. The number of aliphatic imine (C=N–C) groups is 1. The van der Waals surface area contributed by atoms with Crippen molar-refractivity contribution in [1.29, 1.82) is 0 Å². The fourth-order valence-electron chi connectivity index (χ4n) is 1.32. The third kappa shape index (κ3) is 1.14. The molecule has 0 aliphatic carbocycles. The Morgan fingerprint density at radius 2 is 2.31 bits per heavy atom. The van der Waals surface area contributed by atoms with Crippen LogP contribution in [0.1, 0.15) is 0 Å². The van der Waals surface area contributed by atoms with Gasteiger partial charge in [-0.15, -0.1) is 0 Å². The van der Waals surface area contributed by atoms with Gasteiger partial charge in [-0.1, -0.05) is 0 Å². The number of nitrogens with one attached hydrogen (secondary N) is 1. The van der Waals surface area contributed by atoms with Crippen molar-refractivity contribution in [2.75, 3.05) is 12.8 Å². The minimum atomic E-state index is -0.133. The van der Waals surface area contributed by atoms with Gasteiger partial charge in [-0.25, -0.2) is 0 Å². The number of hydrogen-bond acceptors (Lipinski definition) is 4. The van der Waals surface area contributed by atoms with Gasteiger partial charge in [-0.2, -0.15) is 4.99 Å². The number of methoxy groups -OCH3 is 1. The van der Waals surface area contributed by atoms with Gasteiger partial charge in [0.25, 0.3) is 0 Å². The van der Waals surface area contributed by atoms with E-state index in [1.54, 1.807) is 12.1 Å². The van der Waals surface area contributed by atoms with Gasteiger partial charge in [0.15, 0.2) is 12.1 Å². The van der Waals surface area contributed by atoms with E-state index in [1.165, 1.54) is 13.4 Å². The molecule has 1 aliphatic rings. The van der Waals surface area contributed by atoms with Gasteiger partial charge in [-0.3, -0.25) is 5.06 Å². The first-order valence-electron chi connectivity index (χ1n) is 3.78. The number of nitrogens with zero attached hydrogens (tertiary/aromatic N) is 1. The molecule has 0 radical (unpaired) electrons. The van der Waals surface area contributed by atoms with E-state index in [0.29, 0.717) is 22.8 Å². The second-order valence-electron chi connectivity index (χ2n) is 2.74. The topological polar surface area (TPSA) is 75.1 Å². The van der Waals surface area contributed by atoms with E-state index in [0.717, 1.165) is 0 Å². The van der Waals surface area contributed by atoms with E-state index < -0.39 is 0 Å². The van der Waals surface area contributed by atoms with Gasteiger partial charge in [-0.05, 0) is 6.07 Å². The van der Waals surface area contributed by atoms with Gasteiger partial charge in [0, 0.05) is 11.8 Å². The lowest BCUT2D eigenvalue weighted by molar-refractivity contribution is -0.655. The molecule has 0 amide bonds. The molecular formula is C8H9N3O2. The number of anilines is 1. The summed E-state index contributed by atoms with van der Waals surface area (Å²) in [6.45, 7) is 0. The monoisotopic (exact) mass is 179 g/mol. The largest absolute Gasteiger partial charge is 0.623 e. The Hall–Kier alpha value is -1.59. The maximum absolute atomic E-state index is 11.3. The second kappa shape index (κ2) is 2.72. The summed E-state index contributed by atoms with van der Waals surface area (Å²) >= 11 is 0. The van der Waals surface area contributed by atoms with E-state index in [-0.39, 0.29) is 5.06 Å². The first-order valence-corrected chi connectivity index (χ1v) is 3.78. The van der Waals surface area contributed by atoms with Crippen LogP contribution in [0, 0.1) is 5.21 Å². The number of nitrogens with two attached hydrogens (primary N) is 1. The molecule has 68 valence electrons. The molecule has 5 heteroatoms. The summed E-state index contributed by atoms with van der Waals surface area (Å²) in [4.78, 5) is 3.92. The van der Waals surface area contributed by atoms with Crippen LogP contribution < -0.4 is 15.5 Å². The van der Waals surface area contributed by atoms with E-state index in [1.807, 2.05) is 0 Å². The highest BCUT2D eigenvalue weighted by Crippen LogP contribution is 2.35. The van der Waals surface area contributed by atoms with Crippen molar-refractivity contribution < 1.29 is 9.80 Å². The van der Waals surface area contributed by atoms with Gasteiger partial charge < -0.3 is 15.7 Å². The standard InChI is InChI=1S/C8H9N3O2/c1-13-7-3-5(9)2-6-8(7)11(12)4-10-6/h2-4,11H,9H2,1H3. The summed E-state index contributed by atoms with van der Waals surface area (Å²) in [7, 11) is 1.50. The van der Waals surface area contributed by atoms with Crippen LogP contribution in [-0.4, -0.2) is 13.4 Å². The fourth-order valence-corrected chi connectivity index (χ4v) is 1.32. The summed E-state index contributed by atoms with van der Waals surface area (Å²) in [6.07, 6.45) is 1.27. The van der Waals surface area contributed by atoms with E-state index >= 15 is 0 Å². The molecule has 0 saturated carbocycles. The molecule has 3 N–H and O–H groups in total. The molecule has 1 atom stereocenters. The highest BCUT2D eigenvalue weighted by Gasteiger charge is 2.21. The number of quaternary nitrogens is 1. The molecule has 1 aromatic carbocycles. The highest BCUT2D eigenvalue weighted by atomic mass is 16.5. The van der Waals surface area contributed by atoms with Crippen LogP contribution in [0.3, 0.4) is 0 Å². The lowest BCUT2D eigenvalue weighted by atomic mass is 10.2. The summed E-state index contributed by atoms with van der Waals surface area (Å²) in [6, 6.07) is 3.27. The molecule has 0 saturated heterocycles. The number of benzene rings is 1. The minimum absolute atomic E-state index is 0.133. The smallest absolute Gasteiger partial charge is 0.205 e. The van der Waals surface area contributed by atoms with Gasteiger partial charge in [0.1, 0.15) is 5.69 Å². The van der Waals surface area contributed by atoms with Crippen molar-refractivity contribution in [1.82, 2.24) is 0 Å². The molecule has 1 aliphatic heterocycles. The molecule has 1 heterocycles. The first-order chi connectivity index (χ1) is 6.22. The predicted molar refractivity (Wildman–Crippen MR) is 49.5 cm³/mol. The quantitative estimate of drug-likeness (QED) is 0.469. The van der Waals surface area contributed by atoms with Crippen molar-refractivity contribution in [3.63, 3.8) is 0 Å². The van der Waals surface area contributed by atoms with Crippen LogP contribution in [0.4, 0.5) is 17.1 Å². The van der Waals surface area contributed by atoms with Gasteiger partial charge in [0.2, 0.25) is 5.69 Å². The lowest BCUT2D eigenvalue weighted by Gasteiger charge is -2.14. The number of hydrogen-bond donors (Lipinski definition) is 2. The van der Waals surface area contributed by atoms with Crippen molar-refractivity contribution in [3.05, 3.63) is 17.3 Å². The molecule has 0 aromatic heterocycles. The molecule has 0 spiro atoms. The number of rotatable bonds is 1. The number of fused-ring (bicyclic) bond motifs is 1.